The Balaban J connectivity index is 2.59. The molecule has 0 spiro atoms. The molecule has 0 atom stereocenters. The smallest absolute Gasteiger partial charge is 0.167 e. The minimum Gasteiger partial charge on any atom is -0.204 e. The fourth-order valence-electron chi connectivity index (χ4n) is 1.13. The first-order chi connectivity index (χ1) is 6.29. The van der Waals surface area contributed by atoms with E-state index in [0.717, 1.165) is 10.9 Å². The molecule has 0 aliphatic rings. The summed E-state index contributed by atoms with van der Waals surface area (Å²) in [5.74, 6) is -1.57. The third kappa shape index (κ3) is 1.47. The highest BCUT2D eigenvalue weighted by Crippen LogP contribution is 2.27. The predicted octanol–water partition coefficient (Wildman–Crippen LogP) is 3.69. The van der Waals surface area contributed by atoms with E-state index in [-0.39, 0.29) is 0 Å². The third-order valence-corrected chi connectivity index (χ3v) is 2.64. The van der Waals surface area contributed by atoms with Gasteiger partial charge in [-0.15, -0.1) is 11.3 Å². The fourth-order valence-corrected chi connectivity index (χ4v) is 1.87. The van der Waals surface area contributed by atoms with Crippen LogP contribution in [0.5, 0.6) is 0 Å². The van der Waals surface area contributed by atoms with Gasteiger partial charge >= 0.3 is 0 Å². The highest BCUT2D eigenvalue weighted by atomic mass is 32.1. The summed E-state index contributed by atoms with van der Waals surface area (Å²) in [7, 11) is 0. The molecular formula is C10H6F2S. The monoisotopic (exact) mass is 196 g/mol. The van der Waals surface area contributed by atoms with Crippen LogP contribution in [0.1, 0.15) is 0 Å². The van der Waals surface area contributed by atoms with E-state index in [9.17, 15) is 8.78 Å². The van der Waals surface area contributed by atoms with Gasteiger partial charge in [-0.3, -0.25) is 0 Å². The zero-order valence-electron chi connectivity index (χ0n) is 6.63. The van der Waals surface area contributed by atoms with Gasteiger partial charge in [-0.25, -0.2) is 8.78 Å². The van der Waals surface area contributed by atoms with Crippen LogP contribution >= 0.6 is 11.3 Å². The first-order valence-electron chi connectivity index (χ1n) is 3.77. The molecule has 0 bridgehead atoms. The van der Waals surface area contributed by atoms with Crippen molar-refractivity contribution in [1.82, 2.24) is 0 Å². The Kier molecular flexibility index (Phi) is 2.10. The van der Waals surface area contributed by atoms with Crippen LogP contribution in [-0.2, 0) is 0 Å². The van der Waals surface area contributed by atoms with Crippen LogP contribution in [0.3, 0.4) is 0 Å². The predicted molar refractivity (Wildman–Crippen MR) is 49.7 cm³/mol. The average molecular weight is 196 g/mol. The molecule has 0 amide bonds. The van der Waals surface area contributed by atoms with E-state index in [1.165, 1.54) is 17.4 Å². The molecular weight excluding hydrogens is 190 g/mol. The van der Waals surface area contributed by atoms with Crippen LogP contribution in [0.25, 0.3) is 10.4 Å². The first-order valence-corrected chi connectivity index (χ1v) is 4.65. The molecule has 0 saturated carbocycles. The van der Waals surface area contributed by atoms with E-state index in [1.54, 1.807) is 12.1 Å². The van der Waals surface area contributed by atoms with Crippen molar-refractivity contribution < 1.29 is 8.78 Å². The molecule has 0 unspecified atom stereocenters. The van der Waals surface area contributed by atoms with Gasteiger partial charge in [-0.1, -0.05) is 18.2 Å². The quantitative estimate of drug-likeness (QED) is 0.652. The summed E-state index contributed by atoms with van der Waals surface area (Å²) in [6.45, 7) is 0. The molecule has 66 valence electrons. The van der Waals surface area contributed by atoms with E-state index < -0.39 is 11.6 Å². The van der Waals surface area contributed by atoms with Crippen molar-refractivity contribution in [3.8, 4) is 10.4 Å². The van der Waals surface area contributed by atoms with Crippen molar-refractivity contribution >= 4 is 11.3 Å². The Labute approximate surface area is 78.5 Å². The molecule has 3 heteroatoms. The van der Waals surface area contributed by atoms with Crippen molar-refractivity contribution in [3.63, 3.8) is 0 Å². The van der Waals surface area contributed by atoms with E-state index in [1.807, 2.05) is 11.4 Å². The van der Waals surface area contributed by atoms with Crippen LogP contribution in [0.15, 0.2) is 35.7 Å². The minimum atomic E-state index is -0.800. The Morgan fingerprint density at radius 3 is 2.54 bits per heavy atom. The van der Waals surface area contributed by atoms with Crippen molar-refractivity contribution in [3.05, 3.63) is 47.3 Å². The third-order valence-electron chi connectivity index (χ3n) is 1.74. The topological polar surface area (TPSA) is 0 Å². The standard InChI is InChI=1S/C10H6F2S/c11-8-4-1-3-7(10(8)12)9-5-2-6-13-9/h1-6H. The first kappa shape index (κ1) is 8.38. The average Bonchev–Trinajstić information content (AvgIpc) is 2.62. The summed E-state index contributed by atoms with van der Waals surface area (Å²) in [5, 5.41) is 1.83. The molecule has 0 fully saturated rings. The molecule has 0 radical (unpaired) electrons. The molecule has 2 aromatic rings. The van der Waals surface area contributed by atoms with E-state index in [4.69, 9.17) is 0 Å². The SMILES string of the molecule is Fc1cccc(-c2cccs2)c1F. The lowest BCUT2D eigenvalue weighted by Crippen LogP contribution is -1.86. The van der Waals surface area contributed by atoms with Gasteiger partial charge in [0.15, 0.2) is 11.6 Å². The maximum atomic E-state index is 13.2. The number of hydrogen-bond acceptors (Lipinski definition) is 1. The van der Waals surface area contributed by atoms with Gasteiger partial charge < -0.3 is 0 Å². The van der Waals surface area contributed by atoms with Gasteiger partial charge in [0.2, 0.25) is 0 Å². The normalized spacial score (nSPS) is 10.3. The van der Waals surface area contributed by atoms with Gasteiger partial charge in [0.05, 0.1) is 0 Å². The number of hydrogen-bond donors (Lipinski definition) is 0. The zero-order valence-corrected chi connectivity index (χ0v) is 7.44. The number of benzene rings is 1. The number of halogens is 2. The summed E-state index contributed by atoms with van der Waals surface area (Å²) in [6.07, 6.45) is 0. The van der Waals surface area contributed by atoms with Gasteiger partial charge in [-0.05, 0) is 17.5 Å². The molecule has 0 N–H and O–H groups in total. The van der Waals surface area contributed by atoms with Crippen molar-refractivity contribution in [1.29, 1.82) is 0 Å². The van der Waals surface area contributed by atoms with Crippen molar-refractivity contribution in [2.24, 2.45) is 0 Å². The largest absolute Gasteiger partial charge is 0.204 e. The maximum Gasteiger partial charge on any atom is 0.167 e. The molecule has 1 aromatic heterocycles. The fraction of sp³-hybridized carbons (Fsp3) is 0. The minimum absolute atomic E-state index is 0.329. The summed E-state index contributed by atoms with van der Waals surface area (Å²) in [5.41, 5.74) is 0.329. The molecule has 0 saturated heterocycles. The summed E-state index contributed by atoms with van der Waals surface area (Å²) in [4.78, 5) is 0.747. The van der Waals surface area contributed by atoms with E-state index >= 15 is 0 Å². The molecule has 2 rings (SSSR count). The second-order valence-electron chi connectivity index (χ2n) is 2.58. The van der Waals surface area contributed by atoms with Crippen LogP contribution in [-0.4, -0.2) is 0 Å². The second-order valence-corrected chi connectivity index (χ2v) is 3.53. The van der Waals surface area contributed by atoms with E-state index in [2.05, 4.69) is 0 Å². The van der Waals surface area contributed by atoms with E-state index in [0.29, 0.717) is 5.56 Å². The molecule has 1 heterocycles. The van der Waals surface area contributed by atoms with Crippen LogP contribution in [0.4, 0.5) is 8.78 Å². The highest BCUT2D eigenvalue weighted by Gasteiger charge is 2.09. The Morgan fingerprint density at radius 1 is 1.00 bits per heavy atom. The van der Waals surface area contributed by atoms with Gasteiger partial charge in [0.1, 0.15) is 0 Å². The molecule has 0 nitrogen and oxygen atoms in total. The van der Waals surface area contributed by atoms with Crippen LogP contribution < -0.4 is 0 Å². The second kappa shape index (κ2) is 3.26. The maximum absolute atomic E-state index is 13.2. The molecule has 13 heavy (non-hydrogen) atoms. The lowest BCUT2D eigenvalue weighted by Gasteiger charge is -1.99. The number of thiophene rings is 1. The lowest BCUT2D eigenvalue weighted by atomic mass is 10.2. The molecule has 1 aromatic carbocycles. The molecule has 0 aliphatic heterocycles. The Morgan fingerprint density at radius 2 is 1.85 bits per heavy atom. The lowest BCUT2D eigenvalue weighted by molar-refractivity contribution is 0.511. The summed E-state index contributed by atoms with van der Waals surface area (Å²) < 4.78 is 26.0. The highest BCUT2D eigenvalue weighted by molar-refractivity contribution is 7.13. The van der Waals surface area contributed by atoms with Crippen LogP contribution in [0.2, 0.25) is 0 Å². The van der Waals surface area contributed by atoms with Gasteiger partial charge in [0.25, 0.3) is 0 Å². The van der Waals surface area contributed by atoms with Crippen molar-refractivity contribution in [2.75, 3.05) is 0 Å². The molecule has 0 aliphatic carbocycles. The number of rotatable bonds is 1. The van der Waals surface area contributed by atoms with Crippen molar-refractivity contribution in [2.45, 2.75) is 0 Å². The zero-order chi connectivity index (χ0) is 9.26. The Hall–Kier alpha value is -1.22. The van der Waals surface area contributed by atoms with Gasteiger partial charge in [0, 0.05) is 10.4 Å². The van der Waals surface area contributed by atoms with Gasteiger partial charge in [-0.2, -0.15) is 0 Å². The summed E-state index contributed by atoms with van der Waals surface area (Å²) >= 11 is 1.39. The Bertz CT molecular complexity index is 407. The summed E-state index contributed by atoms with van der Waals surface area (Å²) in [6, 6.07) is 7.77. The van der Waals surface area contributed by atoms with Crippen LogP contribution in [0, 0.1) is 11.6 Å².